The van der Waals surface area contributed by atoms with Crippen LogP contribution in [0.1, 0.15) is 34.2 Å². The van der Waals surface area contributed by atoms with Crippen LogP contribution in [0.3, 0.4) is 0 Å². The van der Waals surface area contributed by atoms with E-state index in [1.807, 2.05) is 27.7 Å². The molecule has 0 aliphatic heterocycles. The summed E-state index contributed by atoms with van der Waals surface area (Å²) in [6, 6.07) is 5.59. The van der Waals surface area contributed by atoms with Gasteiger partial charge in [-0.25, -0.2) is 14.4 Å². The minimum absolute atomic E-state index is 0.0560. The van der Waals surface area contributed by atoms with Gasteiger partial charge in [-0.15, -0.1) is 0 Å². The highest BCUT2D eigenvalue weighted by Crippen LogP contribution is 2.24. The quantitative estimate of drug-likeness (QED) is 0.488. The van der Waals surface area contributed by atoms with Crippen LogP contribution in [-0.4, -0.2) is 21.0 Å². The molecule has 0 aliphatic rings. The smallest absolute Gasteiger partial charge is 0.188 e. The second kappa shape index (κ2) is 6.35. The topological polar surface area (TPSA) is 42.9 Å². The summed E-state index contributed by atoms with van der Waals surface area (Å²) in [5, 5.41) is 0.274. The molecule has 21 heavy (non-hydrogen) atoms. The molecule has 2 rings (SSSR count). The van der Waals surface area contributed by atoms with E-state index in [1.54, 1.807) is 0 Å². The molecule has 1 heterocycles. The van der Waals surface area contributed by atoms with Gasteiger partial charge in [0, 0.05) is 17.0 Å². The monoisotopic (exact) mass is 304 g/mol. The number of carbonyl (C=O) groups is 1. The second-order valence-electron chi connectivity index (χ2n) is 4.93. The zero-order valence-electron chi connectivity index (χ0n) is 12.5. The van der Waals surface area contributed by atoms with Crippen LogP contribution in [0, 0.1) is 26.6 Å². The molecule has 0 fully saturated rings. The lowest BCUT2D eigenvalue weighted by Gasteiger charge is -2.11. The van der Waals surface area contributed by atoms with E-state index < -0.39 is 0 Å². The van der Waals surface area contributed by atoms with Gasteiger partial charge in [0.25, 0.3) is 0 Å². The number of halogens is 1. The van der Waals surface area contributed by atoms with Crippen molar-refractivity contribution in [1.29, 1.82) is 0 Å². The van der Waals surface area contributed by atoms with Gasteiger partial charge in [-0.2, -0.15) is 0 Å². The van der Waals surface area contributed by atoms with Crippen molar-refractivity contribution in [2.75, 3.05) is 0 Å². The Morgan fingerprint density at radius 2 is 1.62 bits per heavy atom. The standard InChI is InChI=1S/C16H17FN2OS/c1-9-10(2)18-16(19-11(9)3)21-12(4)15(20)13-5-7-14(17)8-6-13/h5-8,12H,1-4H3. The lowest BCUT2D eigenvalue weighted by molar-refractivity contribution is 0.0994. The van der Waals surface area contributed by atoms with Crippen molar-refractivity contribution in [2.45, 2.75) is 38.1 Å². The molecule has 0 amide bonds. The van der Waals surface area contributed by atoms with Crippen molar-refractivity contribution in [1.82, 2.24) is 9.97 Å². The third kappa shape index (κ3) is 3.67. The number of ketones is 1. The molecule has 110 valence electrons. The van der Waals surface area contributed by atoms with Gasteiger partial charge >= 0.3 is 0 Å². The predicted molar refractivity (Wildman–Crippen MR) is 82.3 cm³/mol. The molecule has 0 N–H and O–H groups in total. The molecule has 3 nitrogen and oxygen atoms in total. The maximum atomic E-state index is 12.9. The van der Waals surface area contributed by atoms with Gasteiger partial charge in [0.2, 0.25) is 0 Å². The molecule has 0 saturated carbocycles. The molecule has 0 radical (unpaired) electrons. The number of thioether (sulfide) groups is 1. The van der Waals surface area contributed by atoms with Crippen LogP contribution in [-0.2, 0) is 0 Å². The summed E-state index contributed by atoms with van der Waals surface area (Å²) >= 11 is 1.32. The Labute approximate surface area is 128 Å². The fourth-order valence-corrected chi connectivity index (χ4v) is 2.79. The van der Waals surface area contributed by atoms with Crippen molar-refractivity contribution in [3.63, 3.8) is 0 Å². The highest BCUT2D eigenvalue weighted by Gasteiger charge is 2.18. The van der Waals surface area contributed by atoms with Gasteiger partial charge in [0.15, 0.2) is 10.9 Å². The van der Waals surface area contributed by atoms with Crippen LogP contribution in [0.4, 0.5) is 4.39 Å². The number of hydrogen-bond donors (Lipinski definition) is 0. The highest BCUT2D eigenvalue weighted by atomic mass is 32.2. The van der Waals surface area contributed by atoms with Gasteiger partial charge < -0.3 is 0 Å². The van der Waals surface area contributed by atoms with Crippen LogP contribution >= 0.6 is 11.8 Å². The molecule has 0 aliphatic carbocycles. The summed E-state index contributed by atoms with van der Waals surface area (Å²) in [5.41, 5.74) is 3.41. The minimum Gasteiger partial charge on any atom is -0.293 e. The Morgan fingerprint density at radius 3 is 2.14 bits per heavy atom. The Bertz CT molecular complexity index is 647. The number of rotatable bonds is 4. The average Bonchev–Trinajstić information content (AvgIpc) is 2.44. The zero-order chi connectivity index (χ0) is 15.6. The molecule has 1 aromatic heterocycles. The van der Waals surface area contributed by atoms with Gasteiger partial charge in [-0.05, 0) is 57.5 Å². The number of benzene rings is 1. The molecule has 1 aromatic carbocycles. The van der Waals surface area contributed by atoms with Gasteiger partial charge in [-0.3, -0.25) is 4.79 Å². The van der Waals surface area contributed by atoms with Crippen LogP contribution in [0.15, 0.2) is 29.4 Å². The van der Waals surface area contributed by atoms with E-state index in [9.17, 15) is 9.18 Å². The Morgan fingerprint density at radius 1 is 1.10 bits per heavy atom. The Hall–Kier alpha value is -1.75. The second-order valence-corrected chi connectivity index (χ2v) is 6.24. The molecule has 5 heteroatoms. The Kier molecular flexibility index (Phi) is 4.73. The number of Topliss-reactive ketones (excluding diaryl/α,β-unsaturated/α-hetero) is 1. The van der Waals surface area contributed by atoms with Crippen LogP contribution < -0.4 is 0 Å². The summed E-state index contributed by atoms with van der Waals surface area (Å²) < 4.78 is 12.9. The summed E-state index contributed by atoms with van der Waals surface area (Å²) in [6.07, 6.45) is 0. The van der Waals surface area contributed by atoms with Crippen molar-refractivity contribution >= 4 is 17.5 Å². The number of nitrogens with zero attached hydrogens (tertiary/aromatic N) is 2. The van der Waals surface area contributed by atoms with Crippen LogP contribution in [0.2, 0.25) is 0 Å². The van der Waals surface area contributed by atoms with Gasteiger partial charge in [0.1, 0.15) is 5.82 Å². The Balaban J connectivity index is 2.16. The summed E-state index contributed by atoms with van der Waals surface area (Å²) in [6.45, 7) is 7.65. The number of aryl methyl sites for hydroxylation is 2. The van der Waals surface area contributed by atoms with E-state index in [0.717, 1.165) is 17.0 Å². The molecule has 0 spiro atoms. The molecule has 2 aromatic rings. The fourth-order valence-electron chi connectivity index (χ4n) is 1.85. The number of carbonyl (C=O) groups excluding carboxylic acids is 1. The molecule has 0 saturated heterocycles. The van der Waals surface area contributed by atoms with E-state index in [-0.39, 0.29) is 16.9 Å². The lowest BCUT2D eigenvalue weighted by Crippen LogP contribution is -2.14. The lowest BCUT2D eigenvalue weighted by atomic mass is 10.1. The summed E-state index contributed by atoms with van der Waals surface area (Å²) in [7, 11) is 0. The van der Waals surface area contributed by atoms with Crippen molar-refractivity contribution < 1.29 is 9.18 Å². The maximum absolute atomic E-state index is 12.9. The van der Waals surface area contributed by atoms with Gasteiger partial charge in [-0.1, -0.05) is 11.8 Å². The number of hydrogen-bond acceptors (Lipinski definition) is 4. The number of aromatic nitrogens is 2. The van der Waals surface area contributed by atoms with E-state index >= 15 is 0 Å². The SMILES string of the molecule is Cc1nc(SC(C)C(=O)c2ccc(F)cc2)nc(C)c1C. The van der Waals surface area contributed by atoms with Crippen LogP contribution in [0.5, 0.6) is 0 Å². The third-order valence-corrected chi connectivity index (χ3v) is 4.35. The first-order chi connectivity index (χ1) is 9.88. The van der Waals surface area contributed by atoms with Gasteiger partial charge in [0.05, 0.1) is 5.25 Å². The first-order valence-electron chi connectivity index (χ1n) is 6.66. The van der Waals surface area contributed by atoms with Crippen molar-refractivity contribution in [3.05, 3.63) is 52.6 Å². The summed E-state index contributed by atoms with van der Waals surface area (Å²) in [4.78, 5) is 21.1. The molecular formula is C16H17FN2OS. The minimum atomic E-state index is -0.347. The zero-order valence-corrected chi connectivity index (χ0v) is 13.3. The van der Waals surface area contributed by atoms with Crippen molar-refractivity contribution in [2.24, 2.45) is 0 Å². The first kappa shape index (κ1) is 15.6. The maximum Gasteiger partial charge on any atom is 0.188 e. The third-order valence-electron chi connectivity index (χ3n) is 3.39. The van der Waals surface area contributed by atoms with E-state index in [2.05, 4.69) is 9.97 Å². The normalized spacial score (nSPS) is 12.2. The largest absolute Gasteiger partial charge is 0.293 e. The summed E-state index contributed by atoms with van der Waals surface area (Å²) in [5.74, 6) is -0.403. The molecule has 0 bridgehead atoms. The van der Waals surface area contributed by atoms with Crippen molar-refractivity contribution in [3.8, 4) is 0 Å². The van der Waals surface area contributed by atoms with Crippen LogP contribution in [0.25, 0.3) is 0 Å². The van der Waals surface area contributed by atoms with E-state index in [1.165, 1.54) is 36.0 Å². The first-order valence-corrected chi connectivity index (χ1v) is 7.54. The van der Waals surface area contributed by atoms with E-state index in [4.69, 9.17) is 0 Å². The molecule has 1 atom stereocenters. The highest BCUT2D eigenvalue weighted by molar-refractivity contribution is 8.00. The average molecular weight is 304 g/mol. The predicted octanol–water partition coefficient (Wildman–Crippen LogP) is 3.90. The fraction of sp³-hybridized carbons (Fsp3) is 0.312. The molecule has 1 unspecified atom stereocenters. The molecular weight excluding hydrogens is 287 g/mol. The van der Waals surface area contributed by atoms with E-state index in [0.29, 0.717) is 10.7 Å².